The molecule has 4 rings (SSSR count). The van der Waals surface area contributed by atoms with Crippen molar-refractivity contribution in [3.63, 3.8) is 0 Å². The van der Waals surface area contributed by atoms with Crippen LogP contribution in [0.3, 0.4) is 0 Å². The summed E-state index contributed by atoms with van der Waals surface area (Å²) in [5, 5.41) is 4.10. The van der Waals surface area contributed by atoms with Crippen LogP contribution in [0, 0.1) is 0 Å². The zero-order valence-corrected chi connectivity index (χ0v) is 22.0. The lowest BCUT2D eigenvalue weighted by atomic mass is 10.2. The first-order valence-corrected chi connectivity index (χ1v) is 14.5. The van der Waals surface area contributed by atoms with Gasteiger partial charge in [0.1, 0.15) is 15.1 Å². The number of thiazole rings is 1. The summed E-state index contributed by atoms with van der Waals surface area (Å²) in [7, 11) is -2.33. The summed E-state index contributed by atoms with van der Waals surface area (Å²) in [5.41, 5.74) is 3.37. The normalized spacial score (nSPS) is 12.2. The molecule has 0 amide bonds. The number of rotatable bonds is 10. The Balaban J connectivity index is 1.74. The van der Waals surface area contributed by atoms with Crippen LogP contribution >= 0.6 is 22.7 Å². The quantitative estimate of drug-likeness (QED) is 0.216. The predicted octanol–water partition coefficient (Wildman–Crippen LogP) is 5.71. The van der Waals surface area contributed by atoms with E-state index in [1.807, 2.05) is 17.5 Å². The van der Waals surface area contributed by atoms with Gasteiger partial charge in [-0.1, -0.05) is 23.5 Å². The fourth-order valence-electron chi connectivity index (χ4n) is 4.15. The van der Waals surface area contributed by atoms with E-state index in [2.05, 4.69) is 59.7 Å². The van der Waals surface area contributed by atoms with Gasteiger partial charge in [0.15, 0.2) is 6.54 Å². The summed E-state index contributed by atoms with van der Waals surface area (Å²) in [4.78, 5) is 2.31. The number of anilines is 1. The molecule has 2 aromatic carbocycles. The Morgan fingerprint density at radius 1 is 1.12 bits per heavy atom. The standard InChI is InChI=1S/C25H28N2O4S3/c1-4-26(5-2)19-10-7-18(8-11-19)9-12-23-27(14-6-16-34(28,29)30)24-22(33-23)17-21(31-3)20-13-15-32-25(20)24/h7-13,15,17H,4-6,14,16H2,1-3H3/p+1. The molecular formula is C25H29N2O4S3+. The fraction of sp³-hybridized carbons (Fsp3) is 0.320. The number of thiophene rings is 1. The highest BCUT2D eigenvalue weighted by molar-refractivity contribution is 7.85. The Bertz CT molecular complexity index is 1420. The number of ether oxygens (including phenoxy) is 1. The van der Waals surface area contributed by atoms with E-state index >= 15 is 0 Å². The molecule has 0 radical (unpaired) electrons. The van der Waals surface area contributed by atoms with Gasteiger partial charge in [0.05, 0.1) is 12.9 Å². The minimum absolute atomic E-state index is 0.267. The maximum absolute atomic E-state index is 11.3. The van der Waals surface area contributed by atoms with Crippen LogP contribution in [0.5, 0.6) is 5.75 Å². The Hall–Kier alpha value is -2.46. The lowest BCUT2D eigenvalue weighted by molar-refractivity contribution is -0.667. The smallest absolute Gasteiger partial charge is 0.265 e. The maximum atomic E-state index is 11.3. The molecule has 180 valence electrons. The van der Waals surface area contributed by atoms with Crippen LogP contribution in [0.15, 0.2) is 41.8 Å². The van der Waals surface area contributed by atoms with Crippen molar-refractivity contribution in [1.29, 1.82) is 0 Å². The Morgan fingerprint density at radius 2 is 1.85 bits per heavy atom. The number of hydrogen-bond acceptors (Lipinski definition) is 6. The molecule has 0 aliphatic heterocycles. The first-order valence-electron chi connectivity index (χ1n) is 11.2. The molecule has 0 atom stereocenters. The third-order valence-corrected chi connectivity index (χ3v) is 8.66. The van der Waals surface area contributed by atoms with Crippen molar-refractivity contribution >= 4 is 70.9 Å². The number of hydrogen-bond donors (Lipinski definition) is 1. The number of methoxy groups -OCH3 is 1. The van der Waals surface area contributed by atoms with Crippen LogP contribution in [-0.4, -0.2) is 38.9 Å². The van der Waals surface area contributed by atoms with Gasteiger partial charge in [-0.2, -0.15) is 13.0 Å². The summed E-state index contributed by atoms with van der Waals surface area (Å²) in [6, 6.07) is 12.6. The Morgan fingerprint density at radius 3 is 2.50 bits per heavy atom. The van der Waals surface area contributed by atoms with Crippen LogP contribution in [0.4, 0.5) is 5.69 Å². The van der Waals surface area contributed by atoms with Gasteiger partial charge in [0, 0.05) is 42.7 Å². The SMILES string of the molecule is CCN(CC)c1ccc(C=Cc2sc3cc(OC)c4ccsc4c3[n+]2CCCS(=O)(=O)O)cc1. The summed E-state index contributed by atoms with van der Waals surface area (Å²) in [6.07, 6.45) is 4.49. The van der Waals surface area contributed by atoms with Crippen LogP contribution in [0.2, 0.25) is 0 Å². The average Bonchev–Trinajstić information content (AvgIpc) is 3.42. The molecule has 0 saturated carbocycles. The molecule has 34 heavy (non-hydrogen) atoms. The molecule has 0 saturated heterocycles. The number of benzene rings is 2. The van der Waals surface area contributed by atoms with Gasteiger partial charge in [-0.25, -0.2) is 0 Å². The van der Waals surface area contributed by atoms with Crippen molar-refractivity contribution in [2.24, 2.45) is 0 Å². The third kappa shape index (κ3) is 5.27. The molecule has 2 heterocycles. The fourth-order valence-corrected chi connectivity index (χ4v) is 6.80. The van der Waals surface area contributed by atoms with E-state index in [0.717, 1.165) is 49.7 Å². The van der Waals surface area contributed by atoms with E-state index in [9.17, 15) is 13.0 Å². The maximum Gasteiger partial charge on any atom is 0.265 e. The molecule has 4 aromatic rings. The average molecular weight is 518 g/mol. The topological polar surface area (TPSA) is 70.7 Å². The first-order chi connectivity index (χ1) is 16.3. The van der Waals surface area contributed by atoms with Gasteiger partial charge in [-0.15, -0.1) is 11.3 Å². The van der Waals surface area contributed by atoms with Gasteiger partial charge in [0.25, 0.3) is 15.1 Å². The van der Waals surface area contributed by atoms with Gasteiger partial charge in [-0.3, -0.25) is 4.55 Å². The Kier molecular flexibility index (Phi) is 7.57. The molecule has 0 fully saturated rings. The van der Waals surface area contributed by atoms with E-state index in [1.54, 1.807) is 29.8 Å². The zero-order valence-electron chi connectivity index (χ0n) is 19.5. The van der Waals surface area contributed by atoms with E-state index in [-0.39, 0.29) is 5.75 Å². The van der Waals surface area contributed by atoms with Crippen molar-refractivity contribution in [2.45, 2.75) is 26.8 Å². The summed E-state index contributed by atoms with van der Waals surface area (Å²) >= 11 is 3.29. The lowest BCUT2D eigenvalue weighted by Gasteiger charge is -2.20. The van der Waals surface area contributed by atoms with Crippen molar-refractivity contribution in [2.75, 3.05) is 30.9 Å². The van der Waals surface area contributed by atoms with Gasteiger partial charge in [-0.05, 0) is 49.1 Å². The molecule has 0 bridgehead atoms. The molecule has 1 N–H and O–H groups in total. The van der Waals surface area contributed by atoms with Crippen molar-refractivity contribution in [3.05, 3.63) is 52.3 Å². The van der Waals surface area contributed by atoms with E-state index < -0.39 is 10.1 Å². The van der Waals surface area contributed by atoms with Crippen LogP contribution in [0.1, 0.15) is 30.8 Å². The molecule has 6 nitrogen and oxygen atoms in total. The molecule has 2 aromatic heterocycles. The molecule has 0 spiro atoms. The lowest BCUT2D eigenvalue weighted by Crippen LogP contribution is -2.36. The minimum atomic E-state index is -4.01. The number of aryl methyl sites for hydroxylation is 1. The molecule has 0 aliphatic carbocycles. The molecule has 9 heteroatoms. The first kappa shape index (κ1) is 24.7. The third-order valence-electron chi connectivity index (χ3n) is 5.84. The monoisotopic (exact) mass is 517 g/mol. The van der Waals surface area contributed by atoms with Gasteiger partial charge >= 0.3 is 0 Å². The number of aromatic nitrogens is 1. The van der Waals surface area contributed by atoms with Crippen molar-refractivity contribution in [3.8, 4) is 5.75 Å². The van der Waals surface area contributed by atoms with E-state index in [4.69, 9.17) is 4.74 Å². The van der Waals surface area contributed by atoms with Gasteiger partial charge in [0.2, 0.25) is 5.52 Å². The highest BCUT2D eigenvalue weighted by Crippen LogP contribution is 2.38. The van der Waals surface area contributed by atoms with Crippen LogP contribution in [-0.2, 0) is 16.7 Å². The molecule has 0 unspecified atom stereocenters. The summed E-state index contributed by atoms with van der Waals surface area (Å²) in [6.45, 7) is 6.73. The Labute approximate surface area is 208 Å². The minimum Gasteiger partial charge on any atom is -0.496 e. The second-order valence-electron chi connectivity index (χ2n) is 7.92. The summed E-state index contributed by atoms with van der Waals surface area (Å²) in [5.74, 6) is 0.564. The van der Waals surface area contributed by atoms with E-state index in [0.29, 0.717) is 13.0 Å². The summed E-state index contributed by atoms with van der Waals surface area (Å²) < 4.78 is 41.8. The predicted molar refractivity (Wildman–Crippen MR) is 144 cm³/mol. The zero-order chi connectivity index (χ0) is 24.3. The van der Waals surface area contributed by atoms with E-state index in [1.165, 1.54) is 5.69 Å². The van der Waals surface area contributed by atoms with Crippen LogP contribution < -0.4 is 14.2 Å². The molecular weight excluding hydrogens is 488 g/mol. The number of nitrogens with zero attached hydrogens (tertiary/aromatic N) is 2. The van der Waals surface area contributed by atoms with Gasteiger partial charge < -0.3 is 9.64 Å². The number of fused-ring (bicyclic) bond motifs is 3. The highest BCUT2D eigenvalue weighted by Gasteiger charge is 2.24. The highest BCUT2D eigenvalue weighted by atomic mass is 32.2. The van der Waals surface area contributed by atoms with Crippen molar-refractivity contribution in [1.82, 2.24) is 0 Å². The molecule has 0 aliphatic rings. The van der Waals surface area contributed by atoms with Crippen molar-refractivity contribution < 1.29 is 22.3 Å². The second-order valence-corrected chi connectivity index (χ2v) is 11.5. The second kappa shape index (κ2) is 10.4. The van der Waals surface area contributed by atoms with Crippen LogP contribution in [0.25, 0.3) is 32.5 Å². The largest absolute Gasteiger partial charge is 0.496 e.